The van der Waals surface area contributed by atoms with Gasteiger partial charge in [-0.15, -0.1) is 0 Å². The van der Waals surface area contributed by atoms with Crippen molar-refractivity contribution >= 4 is 11.8 Å². The molecule has 0 saturated carbocycles. The van der Waals surface area contributed by atoms with Crippen LogP contribution in [0.5, 0.6) is 5.75 Å². The minimum atomic E-state index is -4.65. The van der Waals surface area contributed by atoms with Gasteiger partial charge in [-0.25, -0.2) is 4.79 Å². The van der Waals surface area contributed by atoms with Gasteiger partial charge >= 0.3 is 12.3 Å². The van der Waals surface area contributed by atoms with E-state index in [1.807, 2.05) is 0 Å². The largest absolute Gasteiger partial charge is 0.493 e. The van der Waals surface area contributed by atoms with Crippen LogP contribution in [-0.2, 0) is 15.9 Å². The Balaban J connectivity index is 1.66. The van der Waals surface area contributed by atoms with Crippen LogP contribution in [0.2, 0.25) is 0 Å². The summed E-state index contributed by atoms with van der Waals surface area (Å²) in [5.74, 6) is 0.401. The van der Waals surface area contributed by atoms with Crippen molar-refractivity contribution in [1.82, 2.24) is 0 Å². The number of ether oxygens (including phenoxy) is 3. The molecule has 3 rings (SSSR count). The van der Waals surface area contributed by atoms with Crippen LogP contribution in [0.15, 0.2) is 18.2 Å². The van der Waals surface area contributed by atoms with Crippen molar-refractivity contribution in [3.63, 3.8) is 0 Å². The number of methoxy groups -OCH3 is 1. The number of nitrogens with zero attached hydrogens (tertiary/aromatic N) is 1. The van der Waals surface area contributed by atoms with Crippen LogP contribution in [0.3, 0.4) is 0 Å². The van der Waals surface area contributed by atoms with Gasteiger partial charge in [-0.1, -0.05) is 0 Å². The molecule has 1 aromatic rings. The molecule has 2 aliphatic rings. The average Bonchev–Trinajstić information content (AvgIpc) is 2.90. The van der Waals surface area contributed by atoms with Crippen molar-refractivity contribution < 1.29 is 37.3 Å². The zero-order valence-electron chi connectivity index (χ0n) is 14.2. The molecule has 1 N–H and O–H groups in total. The van der Waals surface area contributed by atoms with E-state index in [0.29, 0.717) is 30.9 Å². The summed E-state index contributed by atoms with van der Waals surface area (Å²) in [5.41, 5.74) is 1.58. The van der Waals surface area contributed by atoms with Crippen LogP contribution in [0.25, 0.3) is 0 Å². The molecule has 6 nitrogen and oxygen atoms in total. The highest BCUT2D eigenvalue weighted by Gasteiger charge is 2.45. The van der Waals surface area contributed by atoms with E-state index in [1.165, 1.54) is 0 Å². The number of aliphatic hydroxyl groups is 1. The molecule has 0 spiro atoms. The third-order valence-corrected chi connectivity index (χ3v) is 4.60. The maximum atomic E-state index is 12.3. The Bertz CT molecular complexity index is 666. The molecule has 0 aliphatic carbocycles. The van der Waals surface area contributed by atoms with Gasteiger partial charge in [0, 0.05) is 13.5 Å². The molecule has 26 heavy (non-hydrogen) atoms. The Morgan fingerprint density at radius 3 is 2.88 bits per heavy atom. The molecule has 1 aromatic carbocycles. The second-order valence-corrected chi connectivity index (χ2v) is 6.34. The van der Waals surface area contributed by atoms with Gasteiger partial charge in [-0.05, 0) is 36.6 Å². The summed E-state index contributed by atoms with van der Waals surface area (Å²) in [5, 5.41) is 8.98. The van der Waals surface area contributed by atoms with Gasteiger partial charge in [0.25, 0.3) is 0 Å². The molecule has 0 radical (unpaired) electrons. The van der Waals surface area contributed by atoms with Gasteiger partial charge in [0.2, 0.25) is 0 Å². The highest BCUT2D eigenvalue weighted by molar-refractivity contribution is 5.92. The van der Waals surface area contributed by atoms with E-state index in [-0.39, 0.29) is 18.8 Å². The quantitative estimate of drug-likeness (QED) is 0.828. The average molecular weight is 375 g/mol. The van der Waals surface area contributed by atoms with E-state index >= 15 is 0 Å². The maximum absolute atomic E-state index is 12.3. The zero-order chi connectivity index (χ0) is 18.9. The van der Waals surface area contributed by atoms with Crippen molar-refractivity contribution in [2.24, 2.45) is 0 Å². The topological polar surface area (TPSA) is 68.2 Å². The van der Waals surface area contributed by atoms with E-state index < -0.39 is 24.8 Å². The van der Waals surface area contributed by atoms with Crippen LogP contribution in [0.1, 0.15) is 18.4 Å². The number of benzene rings is 1. The number of rotatable bonds is 6. The molecule has 1 fully saturated rings. The van der Waals surface area contributed by atoms with Crippen LogP contribution >= 0.6 is 0 Å². The molecule has 1 amide bonds. The minimum Gasteiger partial charge on any atom is -0.493 e. The van der Waals surface area contributed by atoms with Gasteiger partial charge in [0.05, 0.1) is 24.9 Å². The van der Waals surface area contributed by atoms with Crippen molar-refractivity contribution in [3.8, 4) is 5.75 Å². The fourth-order valence-electron chi connectivity index (χ4n) is 3.31. The molecule has 9 heteroatoms. The van der Waals surface area contributed by atoms with Gasteiger partial charge in [-0.3, -0.25) is 4.90 Å². The highest BCUT2D eigenvalue weighted by Crippen LogP contribution is 2.38. The first kappa shape index (κ1) is 18.8. The zero-order valence-corrected chi connectivity index (χ0v) is 14.2. The third kappa shape index (κ3) is 3.73. The molecule has 2 aliphatic heterocycles. The van der Waals surface area contributed by atoms with Gasteiger partial charge in [-0.2, -0.15) is 13.2 Å². The van der Waals surface area contributed by atoms with E-state index in [9.17, 15) is 18.0 Å². The molecular formula is C17H20F3NO5. The summed E-state index contributed by atoms with van der Waals surface area (Å²) in [6.07, 6.45) is -6.96. The van der Waals surface area contributed by atoms with Crippen molar-refractivity contribution in [2.45, 2.75) is 43.7 Å². The number of amides is 1. The van der Waals surface area contributed by atoms with E-state index in [1.54, 1.807) is 30.2 Å². The fraction of sp³-hybridized carbons (Fsp3) is 0.588. The predicted octanol–water partition coefficient (Wildman–Crippen LogP) is 2.67. The summed E-state index contributed by atoms with van der Waals surface area (Å²) in [4.78, 5) is 13.8. The number of carbonyl (C=O) groups is 1. The molecular weight excluding hydrogens is 355 g/mol. The van der Waals surface area contributed by atoms with E-state index in [4.69, 9.17) is 19.3 Å². The van der Waals surface area contributed by atoms with Gasteiger partial charge in [0.1, 0.15) is 11.9 Å². The lowest BCUT2D eigenvalue weighted by atomic mass is 9.94. The smallest absolute Gasteiger partial charge is 0.415 e. The lowest BCUT2D eigenvalue weighted by molar-refractivity contribution is -0.206. The Labute approximate surface area is 148 Å². The van der Waals surface area contributed by atoms with E-state index in [0.717, 1.165) is 5.56 Å². The molecule has 3 atom stereocenters. The van der Waals surface area contributed by atoms with Crippen molar-refractivity contribution in [3.05, 3.63) is 23.8 Å². The van der Waals surface area contributed by atoms with Crippen LogP contribution in [-0.4, -0.2) is 55.9 Å². The summed E-state index contributed by atoms with van der Waals surface area (Å²) >= 11 is 0. The maximum Gasteiger partial charge on any atom is 0.415 e. The second-order valence-electron chi connectivity index (χ2n) is 6.34. The standard InChI is InChI=1S/C17H20F3NO5/c1-24-9-14-13-4-2-10-8-11(25-7-6-15(22)17(18,19)20)3-5-12(10)21(13)16(23)26-14/h3,5,8,13-15,22H,2,4,6-7,9H2,1H3/t13?,14?,15-/m0/s1. The minimum absolute atomic E-state index is 0.0938. The molecule has 1 saturated heterocycles. The monoisotopic (exact) mass is 375 g/mol. The number of hydrogen-bond donors (Lipinski definition) is 1. The number of cyclic esters (lactones) is 1. The molecule has 2 unspecified atom stereocenters. The molecule has 0 aromatic heterocycles. The normalized spacial score (nSPS) is 23.3. The number of aliphatic hydroxyl groups excluding tert-OH is 1. The molecule has 0 bridgehead atoms. The lowest BCUT2D eigenvalue weighted by Crippen LogP contribution is -2.41. The summed E-state index contributed by atoms with van der Waals surface area (Å²) < 4.78 is 52.6. The molecule has 144 valence electrons. The Morgan fingerprint density at radius 1 is 1.42 bits per heavy atom. The summed E-state index contributed by atoms with van der Waals surface area (Å²) in [6.45, 7) is 0.0642. The number of anilines is 1. The summed E-state index contributed by atoms with van der Waals surface area (Å²) in [7, 11) is 1.55. The van der Waals surface area contributed by atoms with Gasteiger partial charge < -0.3 is 19.3 Å². The Morgan fingerprint density at radius 2 is 2.19 bits per heavy atom. The third-order valence-electron chi connectivity index (χ3n) is 4.60. The first-order chi connectivity index (χ1) is 12.3. The van der Waals surface area contributed by atoms with Crippen LogP contribution in [0, 0.1) is 0 Å². The number of halogens is 3. The lowest BCUT2D eigenvalue weighted by Gasteiger charge is -2.31. The molecule has 2 heterocycles. The highest BCUT2D eigenvalue weighted by atomic mass is 19.4. The SMILES string of the molecule is COCC1OC(=O)N2c3ccc(OCC[C@H](O)C(F)(F)F)cc3CCC12. The Hall–Kier alpha value is -2.00. The van der Waals surface area contributed by atoms with Gasteiger partial charge in [0.15, 0.2) is 6.10 Å². The first-order valence-electron chi connectivity index (χ1n) is 8.30. The number of aryl methyl sites for hydroxylation is 1. The Kier molecular flexibility index (Phi) is 5.29. The first-order valence-corrected chi connectivity index (χ1v) is 8.30. The van der Waals surface area contributed by atoms with E-state index in [2.05, 4.69) is 0 Å². The fourth-order valence-corrected chi connectivity index (χ4v) is 3.31. The number of hydrogen-bond acceptors (Lipinski definition) is 5. The van der Waals surface area contributed by atoms with Crippen molar-refractivity contribution in [1.29, 1.82) is 0 Å². The number of alkyl halides is 3. The van der Waals surface area contributed by atoms with Crippen molar-refractivity contribution in [2.75, 3.05) is 25.2 Å². The van der Waals surface area contributed by atoms with Crippen LogP contribution < -0.4 is 9.64 Å². The van der Waals surface area contributed by atoms with Crippen LogP contribution in [0.4, 0.5) is 23.7 Å². The number of carbonyl (C=O) groups excluding carboxylic acids is 1. The number of fused-ring (bicyclic) bond motifs is 3. The second kappa shape index (κ2) is 7.32. The predicted molar refractivity (Wildman–Crippen MR) is 85.3 cm³/mol. The summed E-state index contributed by atoms with van der Waals surface area (Å²) in [6, 6.07) is 4.91.